The first-order valence-electron chi connectivity index (χ1n) is 11.5. The number of rotatable bonds is 8. The number of ether oxygens (including phenoxy) is 1. The van der Waals surface area contributed by atoms with Crippen molar-refractivity contribution in [2.75, 3.05) is 13.7 Å². The van der Waals surface area contributed by atoms with Gasteiger partial charge in [0.15, 0.2) is 0 Å². The number of methoxy groups -OCH3 is 1. The van der Waals surface area contributed by atoms with E-state index < -0.39 is 16.1 Å². The largest absolute Gasteiger partial charge is 0.497 e. The number of sulfonamides is 1. The van der Waals surface area contributed by atoms with Crippen LogP contribution in [0.3, 0.4) is 0 Å². The fourth-order valence-corrected chi connectivity index (χ4v) is 5.85. The molecule has 8 heteroatoms. The highest BCUT2D eigenvalue weighted by Gasteiger charge is 2.33. The molecule has 1 heterocycles. The molecule has 0 aliphatic rings. The summed E-state index contributed by atoms with van der Waals surface area (Å²) in [5.74, 6) is 0.974. The SMILES string of the molecule is COc1ccc(S(=O)(=O)N(CC(C)C)C(C)c2nc3ccccc3c(=O)n2-c2ccccc2)cc1. The van der Waals surface area contributed by atoms with Crippen LogP contribution < -0.4 is 10.3 Å². The smallest absolute Gasteiger partial charge is 0.266 e. The minimum atomic E-state index is -3.91. The zero-order chi connectivity index (χ0) is 25.2. The average molecular weight is 492 g/mol. The zero-order valence-corrected chi connectivity index (χ0v) is 21.1. The molecule has 0 spiro atoms. The summed E-state index contributed by atoms with van der Waals surface area (Å²) in [6, 6.07) is 21.9. The molecule has 0 aliphatic heterocycles. The summed E-state index contributed by atoms with van der Waals surface area (Å²) >= 11 is 0. The first-order valence-corrected chi connectivity index (χ1v) is 12.9. The van der Waals surface area contributed by atoms with Crippen LogP contribution in [0.5, 0.6) is 5.75 Å². The number of benzene rings is 3. The fourth-order valence-electron chi connectivity index (χ4n) is 4.09. The van der Waals surface area contributed by atoms with Crippen LogP contribution in [0.15, 0.2) is 88.6 Å². The predicted molar refractivity (Wildman–Crippen MR) is 137 cm³/mol. The maximum absolute atomic E-state index is 13.8. The van der Waals surface area contributed by atoms with Gasteiger partial charge in [0.25, 0.3) is 5.56 Å². The second kappa shape index (κ2) is 10.0. The van der Waals surface area contributed by atoms with Gasteiger partial charge in [-0.25, -0.2) is 13.4 Å². The third kappa shape index (κ3) is 4.85. The van der Waals surface area contributed by atoms with E-state index in [0.717, 1.165) is 0 Å². The van der Waals surface area contributed by atoms with Crippen LogP contribution in [0.25, 0.3) is 16.6 Å². The summed E-state index contributed by atoms with van der Waals surface area (Å²) in [7, 11) is -2.38. The van der Waals surface area contributed by atoms with Crippen molar-refractivity contribution in [1.82, 2.24) is 13.9 Å². The number of para-hydroxylation sites is 2. The van der Waals surface area contributed by atoms with E-state index >= 15 is 0 Å². The molecule has 0 aliphatic carbocycles. The molecule has 1 aromatic heterocycles. The quantitative estimate of drug-likeness (QED) is 0.354. The molecular weight excluding hydrogens is 462 g/mol. The lowest BCUT2D eigenvalue weighted by Gasteiger charge is -2.31. The molecule has 0 bridgehead atoms. The van der Waals surface area contributed by atoms with Crippen molar-refractivity contribution in [2.24, 2.45) is 5.92 Å². The highest BCUT2D eigenvalue weighted by atomic mass is 32.2. The molecule has 0 saturated heterocycles. The van der Waals surface area contributed by atoms with Crippen LogP contribution in [0.1, 0.15) is 32.6 Å². The van der Waals surface area contributed by atoms with Crippen LogP contribution in [-0.2, 0) is 10.0 Å². The van der Waals surface area contributed by atoms with Crippen LogP contribution in [0.4, 0.5) is 0 Å². The summed E-state index contributed by atoms with van der Waals surface area (Å²) < 4.78 is 35.8. The summed E-state index contributed by atoms with van der Waals surface area (Å²) in [5.41, 5.74) is 0.914. The Labute approximate surface area is 205 Å². The Hall–Kier alpha value is -3.49. The molecule has 0 saturated carbocycles. The molecular formula is C27H29N3O4S. The minimum absolute atomic E-state index is 0.0443. The van der Waals surface area contributed by atoms with Crippen molar-refractivity contribution in [2.45, 2.75) is 31.7 Å². The van der Waals surface area contributed by atoms with Gasteiger partial charge in [-0.05, 0) is 61.4 Å². The Morgan fingerprint density at radius 2 is 1.54 bits per heavy atom. The Bertz CT molecular complexity index is 1480. The fraction of sp³-hybridized carbons (Fsp3) is 0.259. The number of nitrogens with zero attached hydrogens (tertiary/aromatic N) is 3. The number of fused-ring (bicyclic) bond motifs is 1. The number of aromatic nitrogens is 2. The van der Waals surface area contributed by atoms with Crippen molar-refractivity contribution in [3.05, 3.63) is 95.0 Å². The van der Waals surface area contributed by atoms with Crippen molar-refractivity contribution in [1.29, 1.82) is 0 Å². The van der Waals surface area contributed by atoms with Gasteiger partial charge >= 0.3 is 0 Å². The monoisotopic (exact) mass is 491 g/mol. The van der Waals surface area contributed by atoms with Crippen LogP contribution in [-0.4, -0.2) is 35.9 Å². The average Bonchev–Trinajstić information content (AvgIpc) is 2.87. The van der Waals surface area contributed by atoms with E-state index in [9.17, 15) is 13.2 Å². The zero-order valence-electron chi connectivity index (χ0n) is 20.3. The lowest BCUT2D eigenvalue weighted by molar-refractivity contribution is 0.296. The van der Waals surface area contributed by atoms with Gasteiger partial charge in [-0.1, -0.05) is 44.2 Å². The molecule has 182 valence electrons. The summed E-state index contributed by atoms with van der Waals surface area (Å²) in [6.45, 7) is 5.95. The van der Waals surface area contributed by atoms with Gasteiger partial charge in [-0.15, -0.1) is 0 Å². The van der Waals surface area contributed by atoms with Crippen molar-refractivity contribution in [3.63, 3.8) is 0 Å². The second-order valence-electron chi connectivity index (χ2n) is 8.78. The number of hydrogen-bond acceptors (Lipinski definition) is 5. The summed E-state index contributed by atoms with van der Waals surface area (Å²) in [5, 5.41) is 0.473. The van der Waals surface area contributed by atoms with Gasteiger partial charge in [-0.3, -0.25) is 9.36 Å². The Morgan fingerprint density at radius 3 is 2.17 bits per heavy atom. The maximum atomic E-state index is 13.8. The van der Waals surface area contributed by atoms with Crippen molar-refractivity contribution >= 4 is 20.9 Å². The van der Waals surface area contributed by atoms with E-state index in [1.165, 1.54) is 28.1 Å². The first-order chi connectivity index (χ1) is 16.7. The lowest BCUT2D eigenvalue weighted by Crippen LogP contribution is -2.39. The second-order valence-corrected chi connectivity index (χ2v) is 10.7. The van der Waals surface area contributed by atoms with E-state index in [0.29, 0.717) is 28.2 Å². The molecule has 4 aromatic rings. The normalized spacial score (nSPS) is 12.9. The van der Waals surface area contributed by atoms with Crippen LogP contribution in [0, 0.1) is 5.92 Å². The molecule has 3 aromatic carbocycles. The van der Waals surface area contributed by atoms with Gasteiger partial charge < -0.3 is 4.74 Å². The van der Waals surface area contributed by atoms with Crippen molar-refractivity contribution < 1.29 is 13.2 Å². The summed E-state index contributed by atoms with van der Waals surface area (Å²) in [6.07, 6.45) is 0. The minimum Gasteiger partial charge on any atom is -0.497 e. The van der Waals surface area contributed by atoms with Gasteiger partial charge in [0.2, 0.25) is 10.0 Å². The molecule has 7 nitrogen and oxygen atoms in total. The van der Waals surface area contributed by atoms with E-state index in [-0.39, 0.29) is 22.9 Å². The van der Waals surface area contributed by atoms with Crippen LogP contribution >= 0.6 is 0 Å². The Balaban J connectivity index is 1.93. The molecule has 1 atom stereocenters. The molecule has 4 rings (SSSR count). The standard InChI is InChI=1S/C27H29N3O4S/c1-19(2)18-29(35(32,33)23-16-14-22(34-4)15-17-23)20(3)26-28-25-13-9-8-12-24(25)27(31)30(26)21-10-6-5-7-11-21/h5-17,19-20H,18H2,1-4H3. The molecule has 0 amide bonds. The third-order valence-corrected chi connectivity index (χ3v) is 7.78. The lowest BCUT2D eigenvalue weighted by atomic mass is 10.1. The molecule has 1 unspecified atom stereocenters. The van der Waals surface area contributed by atoms with Gasteiger partial charge in [0.05, 0.1) is 34.6 Å². The third-order valence-electron chi connectivity index (χ3n) is 5.83. The van der Waals surface area contributed by atoms with E-state index in [1.54, 1.807) is 37.3 Å². The number of hydrogen-bond donors (Lipinski definition) is 0. The van der Waals surface area contributed by atoms with E-state index in [2.05, 4.69) is 0 Å². The van der Waals surface area contributed by atoms with Gasteiger partial charge in [-0.2, -0.15) is 4.31 Å². The Morgan fingerprint density at radius 1 is 0.914 bits per heavy atom. The Kier molecular flexibility index (Phi) is 7.05. The highest BCUT2D eigenvalue weighted by Crippen LogP contribution is 2.30. The molecule has 0 radical (unpaired) electrons. The van der Waals surface area contributed by atoms with E-state index in [1.807, 2.05) is 50.2 Å². The van der Waals surface area contributed by atoms with E-state index in [4.69, 9.17) is 9.72 Å². The molecule has 0 fully saturated rings. The highest BCUT2D eigenvalue weighted by molar-refractivity contribution is 7.89. The van der Waals surface area contributed by atoms with Gasteiger partial charge in [0, 0.05) is 6.54 Å². The topological polar surface area (TPSA) is 81.5 Å². The molecule has 35 heavy (non-hydrogen) atoms. The molecule has 0 N–H and O–H groups in total. The van der Waals surface area contributed by atoms with Crippen molar-refractivity contribution in [3.8, 4) is 11.4 Å². The maximum Gasteiger partial charge on any atom is 0.266 e. The predicted octanol–water partition coefficient (Wildman–Crippen LogP) is 4.80. The first kappa shape index (κ1) is 24.6. The van der Waals surface area contributed by atoms with Crippen LogP contribution in [0.2, 0.25) is 0 Å². The van der Waals surface area contributed by atoms with Gasteiger partial charge in [0.1, 0.15) is 11.6 Å². The summed E-state index contributed by atoms with van der Waals surface area (Å²) in [4.78, 5) is 18.6.